The summed E-state index contributed by atoms with van der Waals surface area (Å²) in [4.78, 5) is 13.0. The van der Waals surface area contributed by atoms with Gasteiger partial charge in [0.2, 0.25) is 0 Å². The molecule has 0 aromatic heterocycles. The summed E-state index contributed by atoms with van der Waals surface area (Å²) in [5.74, 6) is 0.605. The molecule has 0 saturated heterocycles. The fourth-order valence-corrected chi connectivity index (χ4v) is 1.67. The predicted molar refractivity (Wildman–Crippen MR) is 65.6 cm³/mol. The van der Waals surface area contributed by atoms with Crippen LogP contribution in [0.2, 0.25) is 5.02 Å². The minimum atomic E-state index is -0.190. The van der Waals surface area contributed by atoms with Crippen LogP contribution in [-0.2, 0) is 0 Å². The van der Waals surface area contributed by atoms with Crippen molar-refractivity contribution in [3.8, 4) is 5.75 Å². The number of nitrogens with zero attached hydrogens (tertiary/aromatic N) is 1. The van der Waals surface area contributed by atoms with Crippen LogP contribution < -0.4 is 15.0 Å². The molecule has 0 aliphatic carbocycles. The van der Waals surface area contributed by atoms with E-state index in [2.05, 4.69) is 5.32 Å². The molecule has 4 nitrogen and oxygen atoms in total. The van der Waals surface area contributed by atoms with Gasteiger partial charge in [-0.2, -0.15) is 0 Å². The van der Waals surface area contributed by atoms with Crippen LogP contribution in [0.5, 0.6) is 5.75 Å². The SMILES string of the molecule is CNC(=O)N(C)c1cc(Cl)c(OC)cc1C. The Bertz CT molecular complexity index is 407. The first-order chi connectivity index (χ1) is 7.51. The molecule has 2 amide bonds. The Morgan fingerprint density at radius 3 is 2.62 bits per heavy atom. The van der Waals surface area contributed by atoms with Gasteiger partial charge in [0.05, 0.1) is 12.1 Å². The van der Waals surface area contributed by atoms with Crippen LogP contribution in [0.3, 0.4) is 0 Å². The summed E-state index contributed by atoms with van der Waals surface area (Å²) in [5, 5.41) is 3.04. The number of hydrogen-bond acceptors (Lipinski definition) is 2. The number of urea groups is 1. The van der Waals surface area contributed by atoms with Gasteiger partial charge in [-0.1, -0.05) is 11.6 Å². The lowest BCUT2D eigenvalue weighted by molar-refractivity contribution is 0.249. The number of rotatable bonds is 2. The number of methoxy groups -OCH3 is 1. The molecule has 0 bridgehead atoms. The molecule has 0 heterocycles. The van der Waals surface area contributed by atoms with Gasteiger partial charge in [0.15, 0.2) is 0 Å². The Morgan fingerprint density at radius 2 is 2.12 bits per heavy atom. The highest BCUT2D eigenvalue weighted by Crippen LogP contribution is 2.32. The number of hydrogen-bond donors (Lipinski definition) is 1. The first-order valence-electron chi connectivity index (χ1n) is 4.80. The van der Waals surface area contributed by atoms with E-state index in [1.54, 1.807) is 33.3 Å². The molecule has 1 N–H and O–H groups in total. The number of nitrogens with one attached hydrogen (secondary N) is 1. The molecular formula is C11H15ClN2O2. The van der Waals surface area contributed by atoms with Crippen molar-refractivity contribution in [1.82, 2.24) is 5.32 Å². The molecule has 0 fully saturated rings. The summed E-state index contributed by atoms with van der Waals surface area (Å²) in [6, 6.07) is 3.33. The molecule has 88 valence electrons. The molecule has 0 spiro atoms. The van der Waals surface area contributed by atoms with Gasteiger partial charge in [-0.3, -0.25) is 4.90 Å². The Morgan fingerprint density at radius 1 is 1.50 bits per heavy atom. The zero-order valence-corrected chi connectivity index (χ0v) is 10.6. The molecule has 0 unspecified atom stereocenters. The minimum Gasteiger partial charge on any atom is -0.495 e. The molecule has 0 radical (unpaired) electrons. The summed E-state index contributed by atoms with van der Waals surface area (Å²) in [7, 11) is 4.83. The van der Waals surface area contributed by atoms with Gasteiger partial charge in [0.1, 0.15) is 5.75 Å². The number of carbonyl (C=O) groups is 1. The number of amides is 2. The number of aryl methyl sites for hydroxylation is 1. The smallest absolute Gasteiger partial charge is 0.321 e. The van der Waals surface area contributed by atoms with Gasteiger partial charge in [0.25, 0.3) is 0 Å². The summed E-state index contributed by atoms with van der Waals surface area (Å²) in [6.07, 6.45) is 0. The van der Waals surface area contributed by atoms with E-state index < -0.39 is 0 Å². The van der Waals surface area contributed by atoms with Crippen LogP contribution in [0.15, 0.2) is 12.1 Å². The summed E-state index contributed by atoms with van der Waals surface area (Å²) in [6.45, 7) is 1.90. The zero-order chi connectivity index (χ0) is 12.3. The van der Waals surface area contributed by atoms with Crippen molar-refractivity contribution >= 4 is 23.3 Å². The van der Waals surface area contributed by atoms with E-state index in [0.717, 1.165) is 11.3 Å². The normalized spacial score (nSPS) is 9.81. The number of halogens is 1. The summed E-state index contributed by atoms with van der Waals surface area (Å²) in [5.41, 5.74) is 1.68. The molecule has 1 aromatic carbocycles. The molecule has 0 atom stereocenters. The average Bonchev–Trinajstić information content (AvgIpc) is 2.29. The summed E-state index contributed by atoms with van der Waals surface area (Å²) < 4.78 is 5.10. The monoisotopic (exact) mass is 242 g/mol. The second kappa shape index (κ2) is 5.07. The number of anilines is 1. The Kier molecular flexibility index (Phi) is 4.01. The van der Waals surface area contributed by atoms with E-state index in [1.807, 2.05) is 6.92 Å². The molecule has 0 aliphatic rings. The lowest BCUT2D eigenvalue weighted by atomic mass is 10.2. The van der Waals surface area contributed by atoms with Gasteiger partial charge in [-0.05, 0) is 24.6 Å². The van der Waals surface area contributed by atoms with Crippen molar-refractivity contribution in [3.63, 3.8) is 0 Å². The maximum Gasteiger partial charge on any atom is 0.321 e. The molecule has 1 rings (SSSR count). The first-order valence-corrected chi connectivity index (χ1v) is 5.18. The van der Waals surface area contributed by atoms with Crippen molar-refractivity contribution < 1.29 is 9.53 Å². The van der Waals surface area contributed by atoms with Gasteiger partial charge in [0, 0.05) is 19.8 Å². The van der Waals surface area contributed by atoms with Gasteiger partial charge < -0.3 is 10.1 Å². The van der Waals surface area contributed by atoms with E-state index >= 15 is 0 Å². The Labute approximate surface area is 100 Å². The van der Waals surface area contributed by atoms with E-state index in [-0.39, 0.29) is 6.03 Å². The van der Waals surface area contributed by atoms with E-state index in [4.69, 9.17) is 16.3 Å². The highest BCUT2D eigenvalue weighted by molar-refractivity contribution is 6.32. The fourth-order valence-electron chi connectivity index (χ4n) is 1.44. The van der Waals surface area contributed by atoms with Gasteiger partial charge in [-0.25, -0.2) is 4.79 Å². The van der Waals surface area contributed by atoms with Crippen LogP contribution in [0.1, 0.15) is 5.56 Å². The maximum atomic E-state index is 11.5. The fraction of sp³-hybridized carbons (Fsp3) is 0.364. The van der Waals surface area contributed by atoms with Crippen LogP contribution >= 0.6 is 11.6 Å². The van der Waals surface area contributed by atoms with Crippen molar-refractivity contribution in [2.45, 2.75) is 6.92 Å². The van der Waals surface area contributed by atoms with Crippen LogP contribution in [0.4, 0.5) is 10.5 Å². The third-order valence-electron chi connectivity index (χ3n) is 2.35. The predicted octanol–water partition coefficient (Wildman–Crippen LogP) is 2.43. The van der Waals surface area contributed by atoms with E-state index in [1.165, 1.54) is 4.90 Å². The van der Waals surface area contributed by atoms with Crippen molar-refractivity contribution in [1.29, 1.82) is 0 Å². The third-order valence-corrected chi connectivity index (χ3v) is 2.65. The largest absolute Gasteiger partial charge is 0.495 e. The highest BCUT2D eigenvalue weighted by Gasteiger charge is 2.14. The molecule has 16 heavy (non-hydrogen) atoms. The zero-order valence-electron chi connectivity index (χ0n) is 9.80. The van der Waals surface area contributed by atoms with Gasteiger partial charge in [-0.15, -0.1) is 0 Å². The van der Waals surface area contributed by atoms with Crippen molar-refractivity contribution in [2.75, 3.05) is 26.1 Å². The number of ether oxygens (including phenoxy) is 1. The summed E-state index contributed by atoms with van der Waals surface area (Å²) >= 11 is 6.01. The highest BCUT2D eigenvalue weighted by atomic mass is 35.5. The Balaban J connectivity index is 3.15. The lowest BCUT2D eigenvalue weighted by Crippen LogP contribution is -2.35. The van der Waals surface area contributed by atoms with Crippen LogP contribution in [-0.4, -0.2) is 27.2 Å². The number of carbonyl (C=O) groups excluding carboxylic acids is 1. The molecule has 0 saturated carbocycles. The molecular weight excluding hydrogens is 228 g/mol. The standard InChI is InChI=1S/C11H15ClN2O2/c1-7-5-10(16-4)8(12)6-9(7)14(3)11(15)13-2/h5-6H,1-4H3,(H,13,15). The molecule has 1 aromatic rings. The topological polar surface area (TPSA) is 41.6 Å². The average molecular weight is 243 g/mol. The van der Waals surface area contributed by atoms with Gasteiger partial charge >= 0.3 is 6.03 Å². The molecule has 5 heteroatoms. The molecule has 0 aliphatic heterocycles. The van der Waals surface area contributed by atoms with Crippen LogP contribution in [0.25, 0.3) is 0 Å². The first kappa shape index (κ1) is 12.6. The van der Waals surface area contributed by atoms with Crippen molar-refractivity contribution in [3.05, 3.63) is 22.7 Å². The van der Waals surface area contributed by atoms with Crippen LogP contribution in [0, 0.1) is 6.92 Å². The third kappa shape index (κ3) is 2.39. The lowest BCUT2D eigenvalue weighted by Gasteiger charge is -2.20. The second-order valence-corrected chi connectivity index (χ2v) is 3.79. The van der Waals surface area contributed by atoms with Crippen molar-refractivity contribution in [2.24, 2.45) is 0 Å². The minimum absolute atomic E-state index is 0.190. The quantitative estimate of drug-likeness (QED) is 0.866. The van der Waals surface area contributed by atoms with E-state index in [0.29, 0.717) is 10.8 Å². The second-order valence-electron chi connectivity index (χ2n) is 3.39. The van der Waals surface area contributed by atoms with E-state index in [9.17, 15) is 4.79 Å². The Hall–Kier alpha value is -1.42. The number of benzene rings is 1. The maximum absolute atomic E-state index is 11.5.